The summed E-state index contributed by atoms with van der Waals surface area (Å²) in [7, 11) is 0. The SMILES string of the molecule is C/C(N)=C(\C=O)C=Nc1cc(Cc2cc(F)cc(C(F)F)c2)ccn1.CC. The molecule has 0 amide bonds. The van der Waals surface area contributed by atoms with Crippen molar-refractivity contribution in [3.8, 4) is 0 Å². The van der Waals surface area contributed by atoms with Crippen molar-refractivity contribution in [2.45, 2.75) is 33.6 Å². The van der Waals surface area contributed by atoms with Gasteiger partial charge in [0.15, 0.2) is 12.1 Å². The van der Waals surface area contributed by atoms with Gasteiger partial charge < -0.3 is 5.73 Å². The van der Waals surface area contributed by atoms with Crippen molar-refractivity contribution in [1.82, 2.24) is 4.98 Å². The van der Waals surface area contributed by atoms with E-state index in [1.165, 1.54) is 24.5 Å². The molecule has 2 rings (SSSR count). The van der Waals surface area contributed by atoms with Crippen LogP contribution in [0.5, 0.6) is 0 Å². The van der Waals surface area contributed by atoms with Crippen LogP contribution in [0.4, 0.5) is 19.0 Å². The van der Waals surface area contributed by atoms with E-state index in [0.717, 1.165) is 6.07 Å². The minimum Gasteiger partial charge on any atom is -0.402 e. The zero-order valence-corrected chi connectivity index (χ0v) is 15.4. The van der Waals surface area contributed by atoms with E-state index in [-0.39, 0.29) is 17.6 Å². The molecule has 0 aliphatic carbocycles. The second-order valence-corrected chi connectivity index (χ2v) is 5.41. The van der Waals surface area contributed by atoms with E-state index in [1.807, 2.05) is 13.8 Å². The van der Waals surface area contributed by atoms with Gasteiger partial charge in [0.25, 0.3) is 6.43 Å². The third-order valence-corrected chi connectivity index (χ3v) is 3.37. The minimum absolute atomic E-state index is 0.235. The highest BCUT2D eigenvalue weighted by Crippen LogP contribution is 2.23. The van der Waals surface area contributed by atoms with Crippen molar-refractivity contribution in [3.63, 3.8) is 0 Å². The van der Waals surface area contributed by atoms with Crippen LogP contribution in [0.1, 0.15) is 43.9 Å². The normalized spacial score (nSPS) is 11.8. The van der Waals surface area contributed by atoms with Gasteiger partial charge in [-0.3, -0.25) is 4.79 Å². The number of aldehydes is 1. The summed E-state index contributed by atoms with van der Waals surface area (Å²) in [6.45, 7) is 5.57. The molecule has 144 valence electrons. The van der Waals surface area contributed by atoms with Gasteiger partial charge in [0.05, 0.1) is 5.57 Å². The summed E-state index contributed by atoms with van der Waals surface area (Å²) in [6.07, 6.45) is 0.886. The van der Waals surface area contributed by atoms with E-state index in [9.17, 15) is 18.0 Å². The maximum absolute atomic E-state index is 13.5. The van der Waals surface area contributed by atoms with Crippen molar-refractivity contribution in [1.29, 1.82) is 0 Å². The maximum Gasteiger partial charge on any atom is 0.263 e. The van der Waals surface area contributed by atoms with Crippen LogP contribution in [0, 0.1) is 5.82 Å². The van der Waals surface area contributed by atoms with Gasteiger partial charge in [-0.15, -0.1) is 0 Å². The molecule has 7 heteroatoms. The van der Waals surface area contributed by atoms with Crippen LogP contribution in [0.2, 0.25) is 0 Å². The predicted octanol–water partition coefficient (Wildman–Crippen LogP) is 4.91. The summed E-state index contributed by atoms with van der Waals surface area (Å²) < 4.78 is 39.0. The molecule has 0 aliphatic rings. The summed E-state index contributed by atoms with van der Waals surface area (Å²) >= 11 is 0. The summed E-state index contributed by atoms with van der Waals surface area (Å²) in [4.78, 5) is 19.0. The third kappa shape index (κ3) is 7.05. The topological polar surface area (TPSA) is 68.3 Å². The maximum atomic E-state index is 13.5. The summed E-state index contributed by atoms with van der Waals surface area (Å²) in [5.41, 5.74) is 6.88. The molecule has 1 aromatic carbocycles. The van der Waals surface area contributed by atoms with Crippen molar-refractivity contribution >= 4 is 18.3 Å². The average Bonchev–Trinajstić information content (AvgIpc) is 2.63. The third-order valence-electron chi connectivity index (χ3n) is 3.37. The number of hydrogen-bond acceptors (Lipinski definition) is 4. The Hall–Kier alpha value is -2.96. The van der Waals surface area contributed by atoms with Crippen molar-refractivity contribution in [3.05, 3.63) is 70.3 Å². The lowest BCUT2D eigenvalue weighted by Gasteiger charge is -2.06. The van der Waals surface area contributed by atoms with Crippen molar-refractivity contribution in [2.24, 2.45) is 10.7 Å². The molecule has 2 N–H and O–H groups in total. The Morgan fingerprint density at radius 2 is 1.93 bits per heavy atom. The Bertz CT molecular complexity index is 829. The van der Waals surface area contributed by atoms with Crippen molar-refractivity contribution < 1.29 is 18.0 Å². The molecular formula is C20H22F3N3O. The monoisotopic (exact) mass is 377 g/mol. The number of alkyl halides is 2. The lowest BCUT2D eigenvalue weighted by atomic mass is 10.0. The van der Waals surface area contributed by atoms with E-state index in [1.54, 1.807) is 19.1 Å². The molecular weight excluding hydrogens is 355 g/mol. The molecule has 0 atom stereocenters. The largest absolute Gasteiger partial charge is 0.402 e. The molecule has 1 heterocycles. The fraction of sp³-hybridized carbons (Fsp3) is 0.250. The van der Waals surface area contributed by atoms with E-state index in [0.29, 0.717) is 28.9 Å². The number of hydrogen-bond donors (Lipinski definition) is 1. The van der Waals surface area contributed by atoms with Crippen molar-refractivity contribution in [2.75, 3.05) is 0 Å². The first-order valence-electron chi connectivity index (χ1n) is 8.37. The van der Waals surface area contributed by atoms with Gasteiger partial charge in [-0.1, -0.05) is 13.8 Å². The zero-order valence-electron chi connectivity index (χ0n) is 15.4. The van der Waals surface area contributed by atoms with Gasteiger partial charge >= 0.3 is 0 Å². The number of carbonyl (C=O) groups excluding carboxylic acids is 1. The molecule has 4 nitrogen and oxygen atoms in total. The first-order valence-corrected chi connectivity index (χ1v) is 8.37. The van der Waals surface area contributed by atoms with Gasteiger partial charge in [-0.2, -0.15) is 0 Å². The molecule has 0 saturated carbocycles. The van der Waals surface area contributed by atoms with Gasteiger partial charge in [0, 0.05) is 23.7 Å². The summed E-state index contributed by atoms with van der Waals surface area (Å²) in [6, 6.07) is 6.59. The molecule has 27 heavy (non-hydrogen) atoms. The van der Waals surface area contributed by atoms with Gasteiger partial charge in [-0.05, 0) is 54.8 Å². The fourth-order valence-corrected chi connectivity index (χ4v) is 2.14. The van der Waals surface area contributed by atoms with Crippen LogP contribution in [0.3, 0.4) is 0 Å². The molecule has 0 bridgehead atoms. The number of nitrogens with zero attached hydrogens (tertiary/aromatic N) is 2. The Balaban J connectivity index is 0.00000176. The van der Waals surface area contributed by atoms with Crippen LogP contribution < -0.4 is 5.73 Å². The Labute approximate surface area is 156 Å². The number of aliphatic imine (C=N–C) groups is 1. The summed E-state index contributed by atoms with van der Waals surface area (Å²) in [5, 5.41) is 0. The van der Waals surface area contributed by atoms with Crippen LogP contribution in [-0.2, 0) is 11.2 Å². The number of pyridine rings is 1. The Morgan fingerprint density at radius 3 is 2.52 bits per heavy atom. The first kappa shape index (κ1) is 22.1. The zero-order chi connectivity index (χ0) is 20.4. The number of rotatable bonds is 6. The predicted molar refractivity (Wildman–Crippen MR) is 101 cm³/mol. The Morgan fingerprint density at radius 1 is 1.22 bits per heavy atom. The molecule has 0 spiro atoms. The summed E-state index contributed by atoms with van der Waals surface area (Å²) in [5.74, 6) is -0.386. The highest BCUT2D eigenvalue weighted by Gasteiger charge is 2.10. The van der Waals surface area contributed by atoms with E-state index in [4.69, 9.17) is 5.73 Å². The molecule has 0 aliphatic heterocycles. The number of allylic oxidation sites excluding steroid dienone is 2. The molecule has 0 fully saturated rings. The standard InChI is InChI=1S/C18H16F3N3O.C2H6/c1-11(22)15(10-25)9-24-17-7-12(2-3-23-17)4-13-5-14(18(20)21)8-16(19)6-13;1-2/h2-3,5-10,18H,4,22H2,1H3;1-2H3/b15-11+,24-9?;. The van der Waals surface area contributed by atoms with E-state index < -0.39 is 12.2 Å². The number of carbonyl (C=O) groups is 1. The highest BCUT2D eigenvalue weighted by molar-refractivity contribution is 6.03. The second kappa shape index (κ2) is 10.9. The smallest absolute Gasteiger partial charge is 0.263 e. The molecule has 0 unspecified atom stereocenters. The van der Waals surface area contributed by atoms with Crippen LogP contribution in [0.15, 0.2) is 52.8 Å². The molecule has 0 radical (unpaired) electrons. The van der Waals surface area contributed by atoms with E-state index >= 15 is 0 Å². The highest BCUT2D eigenvalue weighted by atomic mass is 19.3. The Kier molecular flexibility index (Phi) is 8.92. The molecule has 2 aromatic rings. The molecule has 1 aromatic heterocycles. The molecule has 0 saturated heterocycles. The lowest BCUT2D eigenvalue weighted by Crippen LogP contribution is -2.00. The van der Waals surface area contributed by atoms with Crippen LogP contribution in [-0.4, -0.2) is 17.5 Å². The number of halogens is 3. The quantitative estimate of drug-likeness (QED) is 0.442. The number of aromatic nitrogens is 1. The second-order valence-electron chi connectivity index (χ2n) is 5.41. The number of nitrogens with two attached hydrogens (primary N) is 1. The number of benzene rings is 1. The minimum atomic E-state index is -2.74. The van der Waals surface area contributed by atoms with Gasteiger partial charge in [-0.25, -0.2) is 23.1 Å². The lowest BCUT2D eigenvalue weighted by molar-refractivity contribution is -0.104. The average molecular weight is 377 g/mol. The van der Waals surface area contributed by atoms with E-state index in [2.05, 4.69) is 9.98 Å². The first-order chi connectivity index (χ1) is 12.9. The van der Waals surface area contributed by atoms with Crippen LogP contribution in [0.25, 0.3) is 0 Å². The van der Waals surface area contributed by atoms with Gasteiger partial charge in [0.2, 0.25) is 0 Å². The fourth-order valence-electron chi connectivity index (χ4n) is 2.14. The van der Waals surface area contributed by atoms with Crippen LogP contribution >= 0.6 is 0 Å². The van der Waals surface area contributed by atoms with Gasteiger partial charge in [0.1, 0.15) is 5.82 Å².